The smallest absolute Gasteiger partial charge is 0.257 e. The van der Waals surface area contributed by atoms with Gasteiger partial charge in [0.2, 0.25) is 0 Å². The van der Waals surface area contributed by atoms with Crippen molar-refractivity contribution in [1.82, 2.24) is 4.98 Å². The average molecular weight is 376 g/mol. The highest BCUT2D eigenvalue weighted by Crippen LogP contribution is 2.28. The van der Waals surface area contributed by atoms with Crippen molar-refractivity contribution < 1.29 is 9.53 Å². The summed E-state index contributed by atoms with van der Waals surface area (Å²) >= 11 is 0. The third kappa shape index (κ3) is 4.59. The number of anilines is 4. The molecule has 1 aromatic heterocycles. The maximum absolute atomic E-state index is 12.6. The molecule has 0 aliphatic heterocycles. The van der Waals surface area contributed by atoms with Gasteiger partial charge in [0.1, 0.15) is 5.75 Å². The van der Waals surface area contributed by atoms with Crippen LogP contribution >= 0.6 is 0 Å². The Balaban J connectivity index is 1.75. The molecule has 0 bridgehead atoms. The predicted molar refractivity (Wildman–Crippen MR) is 114 cm³/mol. The van der Waals surface area contributed by atoms with Gasteiger partial charge < -0.3 is 20.3 Å². The summed E-state index contributed by atoms with van der Waals surface area (Å²) < 4.78 is 5.39. The van der Waals surface area contributed by atoms with Gasteiger partial charge in [-0.25, -0.2) is 0 Å². The first kappa shape index (κ1) is 19.2. The van der Waals surface area contributed by atoms with Gasteiger partial charge in [-0.05, 0) is 55.0 Å². The van der Waals surface area contributed by atoms with Gasteiger partial charge in [-0.2, -0.15) is 0 Å². The molecule has 144 valence electrons. The highest BCUT2D eigenvalue weighted by Gasteiger charge is 2.10. The van der Waals surface area contributed by atoms with Crippen LogP contribution in [0.2, 0.25) is 0 Å². The van der Waals surface area contributed by atoms with E-state index in [0.29, 0.717) is 11.3 Å². The summed E-state index contributed by atoms with van der Waals surface area (Å²) in [4.78, 5) is 18.8. The molecule has 0 unspecified atom stereocenters. The summed E-state index contributed by atoms with van der Waals surface area (Å²) in [5.41, 5.74) is 4.90. The lowest BCUT2D eigenvalue weighted by Gasteiger charge is -2.14. The number of aromatic nitrogens is 1. The normalized spacial score (nSPS) is 10.3. The molecule has 0 fully saturated rings. The van der Waals surface area contributed by atoms with E-state index in [4.69, 9.17) is 4.74 Å². The first-order valence-electron chi connectivity index (χ1n) is 8.92. The molecule has 0 aliphatic carbocycles. The number of pyridine rings is 1. The number of benzene rings is 2. The minimum Gasteiger partial charge on any atom is -0.495 e. The molecule has 0 aliphatic rings. The van der Waals surface area contributed by atoms with E-state index in [2.05, 4.69) is 15.6 Å². The molecular weight excluding hydrogens is 352 g/mol. The zero-order valence-corrected chi connectivity index (χ0v) is 16.5. The highest BCUT2D eigenvalue weighted by atomic mass is 16.5. The maximum Gasteiger partial charge on any atom is 0.257 e. The van der Waals surface area contributed by atoms with Crippen molar-refractivity contribution in [2.45, 2.75) is 6.92 Å². The largest absolute Gasteiger partial charge is 0.495 e. The number of methoxy groups -OCH3 is 1. The SMILES string of the molecule is COc1ccc(C)cc1Nc1cncc(C(=O)Nc2ccc(N(C)C)cc2)c1. The lowest BCUT2D eigenvalue weighted by molar-refractivity contribution is 0.102. The van der Waals surface area contributed by atoms with E-state index in [-0.39, 0.29) is 5.91 Å². The molecule has 1 amide bonds. The molecule has 2 aromatic carbocycles. The number of nitrogens with one attached hydrogen (secondary N) is 2. The molecule has 6 heteroatoms. The average Bonchev–Trinajstić information content (AvgIpc) is 2.69. The van der Waals surface area contributed by atoms with E-state index in [0.717, 1.165) is 28.4 Å². The lowest BCUT2D eigenvalue weighted by Crippen LogP contribution is -2.13. The summed E-state index contributed by atoms with van der Waals surface area (Å²) in [5, 5.41) is 6.17. The van der Waals surface area contributed by atoms with Crippen LogP contribution in [0.4, 0.5) is 22.7 Å². The summed E-state index contributed by atoms with van der Waals surface area (Å²) in [5.74, 6) is 0.506. The van der Waals surface area contributed by atoms with Crippen molar-refractivity contribution in [2.24, 2.45) is 0 Å². The van der Waals surface area contributed by atoms with Crippen molar-refractivity contribution in [2.75, 3.05) is 36.7 Å². The van der Waals surface area contributed by atoms with Crippen LogP contribution < -0.4 is 20.3 Å². The molecule has 0 saturated heterocycles. The molecule has 0 saturated carbocycles. The summed E-state index contributed by atoms with van der Waals surface area (Å²) in [7, 11) is 5.57. The van der Waals surface area contributed by atoms with Crippen LogP contribution in [-0.4, -0.2) is 32.1 Å². The van der Waals surface area contributed by atoms with Gasteiger partial charge in [0.15, 0.2) is 0 Å². The Labute approximate surface area is 165 Å². The highest BCUT2D eigenvalue weighted by molar-refractivity contribution is 6.04. The van der Waals surface area contributed by atoms with Crippen LogP contribution in [0.1, 0.15) is 15.9 Å². The minimum atomic E-state index is -0.218. The third-order valence-corrected chi connectivity index (χ3v) is 4.28. The van der Waals surface area contributed by atoms with Crippen LogP contribution in [0, 0.1) is 6.92 Å². The monoisotopic (exact) mass is 376 g/mol. The van der Waals surface area contributed by atoms with Crippen molar-refractivity contribution in [3.05, 3.63) is 72.1 Å². The summed E-state index contributed by atoms with van der Waals surface area (Å²) in [6.07, 6.45) is 3.21. The minimum absolute atomic E-state index is 0.218. The van der Waals surface area contributed by atoms with Crippen LogP contribution in [0.15, 0.2) is 60.9 Å². The van der Waals surface area contributed by atoms with E-state index in [1.165, 1.54) is 0 Å². The number of aryl methyl sites for hydroxylation is 1. The Bertz CT molecular complexity index is 969. The van der Waals surface area contributed by atoms with Gasteiger partial charge in [-0.15, -0.1) is 0 Å². The van der Waals surface area contributed by atoms with Gasteiger partial charge in [-0.1, -0.05) is 6.07 Å². The van der Waals surface area contributed by atoms with E-state index < -0.39 is 0 Å². The van der Waals surface area contributed by atoms with E-state index in [1.54, 1.807) is 25.6 Å². The predicted octanol–water partition coefficient (Wildman–Crippen LogP) is 4.46. The Morgan fingerprint density at radius 1 is 1.00 bits per heavy atom. The van der Waals surface area contributed by atoms with Crippen molar-refractivity contribution in [3.8, 4) is 5.75 Å². The second kappa shape index (κ2) is 8.43. The number of carbonyl (C=O) groups excluding carboxylic acids is 1. The van der Waals surface area contributed by atoms with Crippen molar-refractivity contribution >= 4 is 28.7 Å². The zero-order valence-electron chi connectivity index (χ0n) is 16.5. The number of hydrogen-bond acceptors (Lipinski definition) is 5. The Morgan fingerprint density at radius 2 is 1.75 bits per heavy atom. The first-order valence-corrected chi connectivity index (χ1v) is 8.92. The summed E-state index contributed by atoms with van der Waals surface area (Å²) in [6, 6.07) is 15.3. The summed E-state index contributed by atoms with van der Waals surface area (Å²) in [6.45, 7) is 2.01. The van der Waals surface area contributed by atoms with Gasteiger partial charge in [-0.3, -0.25) is 9.78 Å². The Morgan fingerprint density at radius 3 is 2.43 bits per heavy atom. The molecule has 28 heavy (non-hydrogen) atoms. The maximum atomic E-state index is 12.6. The van der Waals surface area contributed by atoms with E-state index >= 15 is 0 Å². The van der Waals surface area contributed by atoms with Crippen LogP contribution in [-0.2, 0) is 0 Å². The number of nitrogens with zero attached hydrogens (tertiary/aromatic N) is 2. The fraction of sp³-hybridized carbons (Fsp3) is 0.182. The standard InChI is InChI=1S/C22H24N4O2/c1-15-5-10-21(28-4)20(11-15)24-18-12-16(13-23-14-18)22(27)25-17-6-8-19(9-7-17)26(2)3/h5-14,24H,1-4H3,(H,25,27). The Hall–Kier alpha value is -3.54. The number of carbonyl (C=O) groups is 1. The molecule has 3 aromatic rings. The number of hydrogen-bond donors (Lipinski definition) is 2. The zero-order chi connectivity index (χ0) is 20.1. The fourth-order valence-electron chi connectivity index (χ4n) is 2.75. The fourth-order valence-corrected chi connectivity index (χ4v) is 2.75. The van der Waals surface area contributed by atoms with E-state index in [9.17, 15) is 4.79 Å². The van der Waals surface area contributed by atoms with Gasteiger partial charge in [0.25, 0.3) is 5.91 Å². The van der Waals surface area contributed by atoms with Crippen LogP contribution in [0.25, 0.3) is 0 Å². The van der Waals surface area contributed by atoms with Crippen LogP contribution in [0.5, 0.6) is 5.75 Å². The van der Waals surface area contributed by atoms with Crippen molar-refractivity contribution in [3.63, 3.8) is 0 Å². The molecule has 2 N–H and O–H groups in total. The first-order chi connectivity index (χ1) is 13.5. The molecule has 6 nitrogen and oxygen atoms in total. The molecule has 0 atom stereocenters. The second-order valence-corrected chi connectivity index (χ2v) is 6.69. The Kier molecular flexibility index (Phi) is 5.79. The van der Waals surface area contributed by atoms with Crippen molar-refractivity contribution in [1.29, 1.82) is 0 Å². The van der Waals surface area contributed by atoms with Crippen LogP contribution in [0.3, 0.4) is 0 Å². The molecule has 1 heterocycles. The topological polar surface area (TPSA) is 66.5 Å². The molecule has 0 spiro atoms. The van der Waals surface area contributed by atoms with Gasteiger partial charge >= 0.3 is 0 Å². The molecule has 0 radical (unpaired) electrons. The van der Waals surface area contributed by atoms with E-state index in [1.807, 2.05) is 68.4 Å². The number of ether oxygens (including phenoxy) is 1. The van der Waals surface area contributed by atoms with Gasteiger partial charge in [0, 0.05) is 31.7 Å². The molecule has 3 rings (SSSR count). The second-order valence-electron chi connectivity index (χ2n) is 6.69. The third-order valence-electron chi connectivity index (χ3n) is 4.28. The molecular formula is C22H24N4O2. The van der Waals surface area contributed by atoms with Gasteiger partial charge in [0.05, 0.1) is 30.2 Å². The lowest BCUT2D eigenvalue weighted by atomic mass is 10.2. The number of amides is 1. The number of rotatable bonds is 6. The quantitative estimate of drug-likeness (QED) is 0.665.